The zero-order chi connectivity index (χ0) is 33.3. The minimum absolute atomic E-state index is 0.0384. The van der Waals surface area contributed by atoms with Gasteiger partial charge in [0.05, 0.1) is 9.79 Å². The highest BCUT2D eigenvalue weighted by atomic mass is 32.2. The van der Waals surface area contributed by atoms with Gasteiger partial charge in [-0.2, -0.15) is 4.72 Å². The number of anilines is 2. The number of carboxylic acid groups (broad SMARTS) is 1. The summed E-state index contributed by atoms with van der Waals surface area (Å²) in [6, 6.07) is 17.6. The van der Waals surface area contributed by atoms with Gasteiger partial charge in [0, 0.05) is 71.8 Å². The summed E-state index contributed by atoms with van der Waals surface area (Å²) in [7, 11) is -1.43. The second-order valence-corrected chi connectivity index (χ2v) is 13.4. The molecule has 4 aromatic carbocycles. The summed E-state index contributed by atoms with van der Waals surface area (Å²) >= 11 is 0. The minimum atomic E-state index is -4.51. The molecule has 10 nitrogen and oxygen atoms in total. The third-order valence-corrected chi connectivity index (χ3v) is 9.62. The number of carbonyl (C=O) groups is 1. The Morgan fingerprint density at radius 1 is 0.738 bits per heavy atom. The van der Waals surface area contributed by atoms with Gasteiger partial charge >= 0.3 is 5.97 Å². The van der Waals surface area contributed by atoms with E-state index in [0.29, 0.717) is 21.5 Å². The van der Waals surface area contributed by atoms with Gasteiger partial charge in [0.2, 0.25) is 20.0 Å². The maximum atomic E-state index is 13.5. The van der Waals surface area contributed by atoms with Gasteiger partial charge in [0.1, 0.15) is 6.04 Å². The van der Waals surface area contributed by atoms with Crippen LogP contribution in [0.3, 0.4) is 0 Å². The van der Waals surface area contributed by atoms with Gasteiger partial charge < -0.3 is 14.9 Å². The first kappa shape index (κ1) is 27.1. The van der Waals surface area contributed by atoms with E-state index < -0.39 is 57.8 Å². The fourth-order valence-corrected chi connectivity index (χ4v) is 7.24. The Labute approximate surface area is 251 Å². The van der Waals surface area contributed by atoms with Gasteiger partial charge in [0.25, 0.3) is 0 Å². The summed E-state index contributed by atoms with van der Waals surface area (Å²) in [6.45, 7) is -0.606. The van der Waals surface area contributed by atoms with E-state index in [9.17, 15) is 26.7 Å². The Kier molecular flexibility index (Phi) is 8.18. The molecule has 3 unspecified atom stereocenters. The lowest BCUT2D eigenvalue weighted by Crippen LogP contribution is -2.40. The lowest BCUT2D eigenvalue weighted by Gasteiger charge is -2.19. The number of rotatable bonds is 13. The summed E-state index contributed by atoms with van der Waals surface area (Å²) in [4.78, 5) is 15.6. The second kappa shape index (κ2) is 12.7. The predicted octanol–water partition coefficient (Wildman–Crippen LogP) is 4.01. The highest BCUT2D eigenvalue weighted by Gasteiger charge is 2.27. The summed E-state index contributed by atoms with van der Waals surface area (Å²) < 4.78 is 83.1. The average molecular weight is 619 g/mol. The Hall–Kier alpha value is -3.71. The van der Waals surface area contributed by atoms with Crippen molar-refractivity contribution in [3.05, 3.63) is 72.8 Å². The highest BCUT2D eigenvalue weighted by Crippen LogP contribution is 2.31. The van der Waals surface area contributed by atoms with E-state index in [0.717, 1.165) is 11.4 Å². The number of aliphatic carboxylic acids is 1. The molecule has 0 saturated heterocycles. The van der Waals surface area contributed by atoms with E-state index in [4.69, 9.17) is 4.11 Å². The molecule has 0 heterocycles. The molecule has 0 saturated carbocycles. The summed E-state index contributed by atoms with van der Waals surface area (Å²) in [5, 5.41) is 12.0. The van der Waals surface area contributed by atoms with Crippen molar-refractivity contribution < 1.29 is 30.8 Å². The normalized spacial score (nSPS) is 16.1. The maximum absolute atomic E-state index is 13.5. The van der Waals surface area contributed by atoms with Crippen LogP contribution in [0.2, 0.25) is 0 Å². The molecule has 4 rings (SSSR count). The first-order valence-corrected chi connectivity index (χ1v) is 15.9. The molecule has 3 N–H and O–H groups in total. The highest BCUT2D eigenvalue weighted by molar-refractivity contribution is 7.90. The molecule has 0 spiro atoms. The van der Waals surface area contributed by atoms with Crippen molar-refractivity contribution in [2.45, 2.75) is 35.0 Å². The smallest absolute Gasteiger partial charge is 0.321 e. The average Bonchev–Trinajstić information content (AvgIpc) is 3.00. The lowest BCUT2D eigenvalue weighted by molar-refractivity contribution is -0.139. The van der Waals surface area contributed by atoms with Crippen LogP contribution in [0.15, 0.2) is 82.6 Å². The molecule has 224 valence electrons. The molecule has 0 radical (unpaired) electrons. The van der Waals surface area contributed by atoms with Gasteiger partial charge in [0.15, 0.2) is 0 Å². The number of benzene rings is 4. The Bertz CT molecular complexity index is 1940. The number of nitrogens with one attached hydrogen (secondary N) is 2. The van der Waals surface area contributed by atoms with E-state index in [1.54, 1.807) is 67.5 Å². The predicted molar refractivity (Wildman–Crippen MR) is 167 cm³/mol. The zero-order valence-electron chi connectivity index (χ0n) is 26.6. The van der Waals surface area contributed by atoms with Crippen LogP contribution in [0.4, 0.5) is 11.4 Å². The van der Waals surface area contributed by atoms with E-state index in [1.807, 2.05) is 29.8 Å². The first-order valence-electron chi connectivity index (χ1n) is 14.7. The molecular weight excluding hydrogens is 576 g/mol. The van der Waals surface area contributed by atoms with Crippen molar-refractivity contribution in [2.75, 3.05) is 44.5 Å². The van der Waals surface area contributed by atoms with E-state index in [-0.39, 0.29) is 9.79 Å². The summed E-state index contributed by atoms with van der Waals surface area (Å²) in [5.41, 5.74) is 1.54. The number of carboxylic acids is 1. The molecule has 0 aromatic heterocycles. The van der Waals surface area contributed by atoms with Crippen LogP contribution in [-0.4, -0.2) is 68.7 Å². The van der Waals surface area contributed by atoms with Crippen molar-refractivity contribution in [2.24, 2.45) is 0 Å². The quantitative estimate of drug-likeness (QED) is 0.205. The Balaban J connectivity index is 1.54. The van der Waals surface area contributed by atoms with Crippen LogP contribution in [0, 0.1) is 0 Å². The van der Waals surface area contributed by atoms with E-state index in [1.165, 1.54) is 18.2 Å². The largest absolute Gasteiger partial charge is 0.480 e. The van der Waals surface area contributed by atoms with Crippen molar-refractivity contribution in [1.82, 2.24) is 9.44 Å². The summed E-state index contributed by atoms with van der Waals surface area (Å²) in [6.07, 6.45) is -5.34. The summed E-state index contributed by atoms with van der Waals surface area (Å²) in [5.74, 6) is -1.70. The number of sulfonamides is 2. The van der Waals surface area contributed by atoms with Gasteiger partial charge in [-0.1, -0.05) is 48.5 Å². The van der Waals surface area contributed by atoms with Crippen LogP contribution in [0.25, 0.3) is 21.5 Å². The Morgan fingerprint density at radius 3 is 1.67 bits per heavy atom. The molecule has 4 atom stereocenters. The molecule has 0 aliphatic carbocycles. The fourth-order valence-electron chi connectivity index (χ4n) is 4.67. The third kappa shape index (κ3) is 6.67. The van der Waals surface area contributed by atoms with Gasteiger partial charge in [-0.05, 0) is 43.5 Å². The first-order chi connectivity index (χ1) is 21.1. The Morgan fingerprint density at radius 2 is 1.19 bits per heavy atom. The number of hydrogen-bond acceptors (Lipinski definition) is 7. The number of hydrogen-bond donors (Lipinski definition) is 3. The molecular formula is C30H36N4O6S2. The molecule has 0 aliphatic heterocycles. The van der Waals surface area contributed by atoms with Crippen molar-refractivity contribution in [3.8, 4) is 0 Å². The van der Waals surface area contributed by atoms with Crippen LogP contribution in [0.5, 0.6) is 0 Å². The second-order valence-electron chi connectivity index (χ2n) is 9.96. The lowest BCUT2D eigenvalue weighted by atomic mass is 10.1. The molecule has 12 heteroatoms. The van der Waals surface area contributed by atoms with Crippen LogP contribution in [0.1, 0.15) is 23.3 Å². The molecule has 0 aliphatic rings. The van der Waals surface area contributed by atoms with E-state index >= 15 is 0 Å². The molecule has 42 heavy (non-hydrogen) atoms. The maximum Gasteiger partial charge on any atom is 0.321 e. The van der Waals surface area contributed by atoms with Crippen LogP contribution in [-0.2, 0) is 24.8 Å². The monoisotopic (exact) mass is 618 g/mol. The van der Waals surface area contributed by atoms with Crippen LogP contribution >= 0.6 is 0 Å². The SMILES string of the molecule is [3H]C(CNS(=O)(=O)c1cccc2c(N(C)C)cccc12)C([3H])C([3H])[C@H](NS(=O)(=O)c1cccc2c(N(C)C)cccc12)C(=O)O. The van der Waals surface area contributed by atoms with Gasteiger partial charge in [-0.3, -0.25) is 4.79 Å². The van der Waals surface area contributed by atoms with Gasteiger partial charge in [-0.25, -0.2) is 21.6 Å². The van der Waals surface area contributed by atoms with Crippen molar-refractivity contribution in [3.63, 3.8) is 0 Å². The molecule has 0 amide bonds. The van der Waals surface area contributed by atoms with Crippen molar-refractivity contribution in [1.29, 1.82) is 0 Å². The topological polar surface area (TPSA) is 136 Å². The van der Waals surface area contributed by atoms with Gasteiger partial charge in [-0.15, -0.1) is 0 Å². The fraction of sp³-hybridized carbons (Fsp3) is 0.300. The van der Waals surface area contributed by atoms with E-state index in [2.05, 4.69) is 4.72 Å². The standard InChI is InChI=1S/C30H36N4O6S2/c1-33(2)26-16-7-13-23-21(26)11-9-18-28(23)41(37,38)31-20-6-5-15-25(30(35)36)32-42(39,40)29-19-10-12-22-24(29)14-8-17-27(22)34(3)4/h7-14,16-19,25,31-32H,5-6,15,20H2,1-4H3,(H,35,36)/t25-/m0/s1/i5T,6T,15T/t5?,6?,15?,25-. The molecule has 0 bridgehead atoms. The number of nitrogens with zero attached hydrogens (tertiary/aromatic N) is 2. The van der Waals surface area contributed by atoms with Crippen molar-refractivity contribution >= 4 is 58.9 Å². The molecule has 4 aromatic rings. The molecule has 0 fully saturated rings. The third-order valence-electron chi connectivity index (χ3n) is 6.64. The zero-order valence-corrected chi connectivity index (χ0v) is 25.3. The van der Waals surface area contributed by atoms with Crippen LogP contribution < -0.4 is 19.2 Å². The number of fused-ring (bicyclic) bond motifs is 2. The minimum Gasteiger partial charge on any atom is -0.480 e.